The Labute approximate surface area is 75.4 Å². The van der Waals surface area contributed by atoms with Crippen molar-refractivity contribution >= 4 is 12.0 Å². The highest BCUT2D eigenvalue weighted by Crippen LogP contribution is 2.06. The lowest BCUT2D eigenvalue weighted by molar-refractivity contribution is -0.144. The van der Waals surface area contributed by atoms with Gasteiger partial charge in [0.1, 0.15) is 0 Å². The molecule has 0 aromatic carbocycles. The van der Waals surface area contributed by atoms with E-state index in [1.807, 2.05) is 0 Å². The first-order valence-corrected chi connectivity index (χ1v) is 4.08. The average molecular weight is 188 g/mol. The van der Waals surface area contributed by atoms with Crippen LogP contribution in [-0.2, 0) is 9.63 Å². The van der Waals surface area contributed by atoms with Gasteiger partial charge in [0, 0.05) is 13.1 Å². The van der Waals surface area contributed by atoms with E-state index in [-0.39, 0.29) is 6.03 Å². The first kappa shape index (κ1) is 9.79. The van der Waals surface area contributed by atoms with Crippen LogP contribution in [0, 0.1) is 0 Å². The monoisotopic (exact) mass is 188 g/mol. The Balaban J connectivity index is 2.13. The Bertz CT molecular complexity index is 201. The number of hydrogen-bond donors (Lipinski definition) is 2. The van der Waals surface area contributed by atoms with E-state index in [4.69, 9.17) is 5.11 Å². The highest BCUT2D eigenvalue weighted by molar-refractivity contribution is 5.73. The number of carbonyl (C=O) groups excluding carboxylic acids is 1. The molecule has 0 aromatic rings. The third-order valence-corrected chi connectivity index (χ3v) is 1.75. The number of hydroxylamine groups is 1. The smallest absolute Gasteiger partial charge is 0.341 e. The van der Waals surface area contributed by atoms with Gasteiger partial charge in [0.15, 0.2) is 6.61 Å². The minimum atomic E-state index is -1.11. The van der Waals surface area contributed by atoms with Crippen LogP contribution in [0.5, 0.6) is 0 Å². The quantitative estimate of drug-likeness (QED) is 0.601. The van der Waals surface area contributed by atoms with Crippen LogP contribution >= 0.6 is 0 Å². The van der Waals surface area contributed by atoms with Crippen LogP contribution < -0.4 is 5.48 Å². The molecule has 0 radical (unpaired) electrons. The minimum Gasteiger partial charge on any atom is -0.479 e. The second-order valence-electron chi connectivity index (χ2n) is 2.78. The Hall–Kier alpha value is -1.30. The summed E-state index contributed by atoms with van der Waals surface area (Å²) in [6.45, 7) is 0.907. The van der Waals surface area contributed by atoms with Crippen molar-refractivity contribution in [2.45, 2.75) is 12.8 Å². The Kier molecular flexibility index (Phi) is 3.51. The largest absolute Gasteiger partial charge is 0.479 e. The summed E-state index contributed by atoms with van der Waals surface area (Å²) in [4.78, 5) is 27.1. The van der Waals surface area contributed by atoms with Crippen LogP contribution in [0.25, 0.3) is 0 Å². The van der Waals surface area contributed by atoms with E-state index < -0.39 is 12.6 Å². The van der Waals surface area contributed by atoms with E-state index in [1.165, 1.54) is 0 Å². The van der Waals surface area contributed by atoms with Crippen LogP contribution in [0.2, 0.25) is 0 Å². The number of carboxylic acid groups (broad SMARTS) is 1. The zero-order chi connectivity index (χ0) is 9.68. The van der Waals surface area contributed by atoms with Gasteiger partial charge in [-0.2, -0.15) is 0 Å². The maximum atomic E-state index is 11.1. The van der Waals surface area contributed by atoms with E-state index in [0.29, 0.717) is 13.1 Å². The van der Waals surface area contributed by atoms with E-state index in [2.05, 4.69) is 10.3 Å². The number of hydrogen-bond acceptors (Lipinski definition) is 3. The van der Waals surface area contributed by atoms with Crippen molar-refractivity contribution in [1.29, 1.82) is 0 Å². The molecule has 6 heteroatoms. The number of amides is 2. The molecule has 6 nitrogen and oxygen atoms in total. The van der Waals surface area contributed by atoms with Gasteiger partial charge in [-0.25, -0.2) is 15.1 Å². The fourth-order valence-electron chi connectivity index (χ4n) is 1.14. The van der Waals surface area contributed by atoms with Gasteiger partial charge in [-0.3, -0.25) is 4.84 Å². The van der Waals surface area contributed by atoms with Crippen molar-refractivity contribution in [2.24, 2.45) is 0 Å². The summed E-state index contributed by atoms with van der Waals surface area (Å²) in [5.41, 5.74) is 2.06. The highest BCUT2D eigenvalue weighted by atomic mass is 16.7. The number of carboxylic acids is 1. The zero-order valence-corrected chi connectivity index (χ0v) is 7.15. The maximum absolute atomic E-state index is 11.1. The zero-order valence-electron chi connectivity index (χ0n) is 7.15. The molecule has 1 heterocycles. The predicted octanol–water partition coefficient (Wildman–Crippen LogP) is -0.192. The molecule has 0 saturated carbocycles. The van der Waals surface area contributed by atoms with Crippen molar-refractivity contribution < 1.29 is 19.5 Å². The summed E-state index contributed by atoms with van der Waals surface area (Å²) in [6, 6.07) is -0.362. The SMILES string of the molecule is O=C(O)CONC(=O)N1CCCC1. The van der Waals surface area contributed by atoms with E-state index in [0.717, 1.165) is 12.8 Å². The van der Waals surface area contributed by atoms with Gasteiger partial charge in [-0.05, 0) is 12.8 Å². The van der Waals surface area contributed by atoms with Gasteiger partial charge in [0.05, 0.1) is 0 Å². The minimum absolute atomic E-state index is 0.362. The van der Waals surface area contributed by atoms with Crippen LogP contribution in [0.1, 0.15) is 12.8 Å². The topological polar surface area (TPSA) is 78.9 Å². The van der Waals surface area contributed by atoms with Gasteiger partial charge in [-0.1, -0.05) is 0 Å². The number of rotatable bonds is 3. The lowest BCUT2D eigenvalue weighted by atomic mass is 10.4. The lowest BCUT2D eigenvalue weighted by Crippen LogP contribution is -2.38. The molecule has 1 rings (SSSR count). The van der Waals surface area contributed by atoms with Gasteiger partial charge in [0.2, 0.25) is 0 Å². The predicted molar refractivity (Wildman–Crippen MR) is 42.9 cm³/mol. The molecule has 2 amide bonds. The van der Waals surface area contributed by atoms with Gasteiger partial charge in [0.25, 0.3) is 0 Å². The highest BCUT2D eigenvalue weighted by Gasteiger charge is 2.17. The number of likely N-dealkylation sites (tertiary alicyclic amines) is 1. The maximum Gasteiger partial charge on any atom is 0.341 e. The van der Waals surface area contributed by atoms with Crippen LogP contribution in [0.15, 0.2) is 0 Å². The van der Waals surface area contributed by atoms with E-state index >= 15 is 0 Å². The molecule has 1 saturated heterocycles. The fraction of sp³-hybridized carbons (Fsp3) is 0.714. The Morgan fingerprint density at radius 1 is 1.38 bits per heavy atom. The van der Waals surface area contributed by atoms with Crippen LogP contribution in [-0.4, -0.2) is 41.7 Å². The third kappa shape index (κ3) is 3.29. The number of carbonyl (C=O) groups is 2. The van der Waals surface area contributed by atoms with Crippen molar-refractivity contribution in [3.8, 4) is 0 Å². The van der Waals surface area contributed by atoms with Crippen LogP contribution in [0.3, 0.4) is 0 Å². The fourth-order valence-corrected chi connectivity index (χ4v) is 1.14. The summed E-state index contributed by atoms with van der Waals surface area (Å²) < 4.78 is 0. The molecule has 1 fully saturated rings. The first-order chi connectivity index (χ1) is 6.20. The standard InChI is InChI=1S/C7H12N2O4/c10-6(11)5-13-8-7(12)9-3-1-2-4-9/h1-5H2,(H,8,12)(H,10,11). The van der Waals surface area contributed by atoms with E-state index in [1.54, 1.807) is 4.90 Å². The van der Waals surface area contributed by atoms with Gasteiger partial charge < -0.3 is 10.0 Å². The van der Waals surface area contributed by atoms with Crippen molar-refractivity contribution in [1.82, 2.24) is 10.4 Å². The molecule has 74 valence electrons. The summed E-state index contributed by atoms with van der Waals surface area (Å²) in [5, 5.41) is 8.20. The molecular weight excluding hydrogens is 176 g/mol. The number of aliphatic carboxylic acids is 1. The second-order valence-corrected chi connectivity index (χ2v) is 2.78. The number of nitrogens with zero attached hydrogens (tertiary/aromatic N) is 1. The molecule has 0 atom stereocenters. The molecule has 0 aromatic heterocycles. The molecule has 1 aliphatic rings. The average Bonchev–Trinajstić information content (AvgIpc) is 2.55. The molecule has 13 heavy (non-hydrogen) atoms. The molecule has 0 unspecified atom stereocenters. The molecule has 0 aliphatic carbocycles. The molecule has 0 bridgehead atoms. The lowest BCUT2D eigenvalue weighted by Gasteiger charge is -2.14. The summed E-state index contributed by atoms with van der Waals surface area (Å²) in [5.74, 6) is -1.11. The molecule has 0 spiro atoms. The van der Waals surface area contributed by atoms with Crippen molar-refractivity contribution in [2.75, 3.05) is 19.7 Å². The van der Waals surface area contributed by atoms with Crippen LogP contribution in [0.4, 0.5) is 4.79 Å². The summed E-state index contributed by atoms with van der Waals surface area (Å²) in [7, 11) is 0. The summed E-state index contributed by atoms with van der Waals surface area (Å²) >= 11 is 0. The summed E-state index contributed by atoms with van der Waals surface area (Å²) in [6.07, 6.45) is 1.98. The molecule has 1 aliphatic heterocycles. The molecule has 2 N–H and O–H groups in total. The van der Waals surface area contributed by atoms with E-state index in [9.17, 15) is 9.59 Å². The Morgan fingerprint density at radius 3 is 2.54 bits per heavy atom. The third-order valence-electron chi connectivity index (χ3n) is 1.75. The normalized spacial score (nSPS) is 15.8. The first-order valence-electron chi connectivity index (χ1n) is 4.08. The van der Waals surface area contributed by atoms with Crippen molar-refractivity contribution in [3.63, 3.8) is 0 Å². The number of nitrogens with one attached hydrogen (secondary N) is 1. The molecular formula is C7H12N2O4. The van der Waals surface area contributed by atoms with Crippen molar-refractivity contribution in [3.05, 3.63) is 0 Å². The number of urea groups is 1. The second kappa shape index (κ2) is 4.66. The Morgan fingerprint density at radius 2 is 2.00 bits per heavy atom. The van der Waals surface area contributed by atoms with Gasteiger partial charge >= 0.3 is 12.0 Å². The van der Waals surface area contributed by atoms with Gasteiger partial charge in [-0.15, -0.1) is 0 Å².